The Labute approximate surface area is 171 Å². The highest BCUT2D eigenvalue weighted by Crippen LogP contribution is 2.21. The molecule has 3 rings (SSSR count). The number of carbonyl (C=O) groups is 2. The minimum Gasteiger partial charge on any atom is -0.466 e. The van der Waals surface area contributed by atoms with Crippen molar-refractivity contribution in [3.05, 3.63) is 52.5 Å². The van der Waals surface area contributed by atoms with E-state index in [1.165, 1.54) is 0 Å². The summed E-state index contributed by atoms with van der Waals surface area (Å²) in [7, 11) is 1.70. The lowest BCUT2D eigenvalue weighted by Crippen LogP contribution is -2.49. The van der Waals surface area contributed by atoms with Gasteiger partial charge in [-0.05, 0) is 44.5 Å². The SMILES string of the molecule is COCCN1CCN(C(=O)c2ccc(C)c(NC(=O)c3cc(C)oc3C)c2)CC1. The Hall–Kier alpha value is -2.64. The van der Waals surface area contributed by atoms with Gasteiger partial charge < -0.3 is 19.4 Å². The summed E-state index contributed by atoms with van der Waals surface area (Å²) in [6.45, 7) is 10.1. The quantitative estimate of drug-likeness (QED) is 0.808. The second-order valence-corrected chi connectivity index (χ2v) is 7.44. The summed E-state index contributed by atoms with van der Waals surface area (Å²) >= 11 is 0. The molecule has 0 radical (unpaired) electrons. The molecule has 2 aromatic rings. The number of anilines is 1. The Balaban J connectivity index is 1.68. The molecule has 0 spiro atoms. The van der Waals surface area contributed by atoms with Gasteiger partial charge in [0.25, 0.3) is 11.8 Å². The molecule has 2 heterocycles. The molecular weight excluding hydrogens is 370 g/mol. The zero-order chi connectivity index (χ0) is 21.0. The molecule has 7 heteroatoms. The second kappa shape index (κ2) is 9.24. The third kappa shape index (κ3) is 5.05. The van der Waals surface area contributed by atoms with Crippen LogP contribution in [0.5, 0.6) is 0 Å². The number of hydrogen-bond donors (Lipinski definition) is 1. The zero-order valence-corrected chi connectivity index (χ0v) is 17.6. The van der Waals surface area contributed by atoms with Crippen LogP contribution in [0.15, 0.2) is 28.7 Å². The summed E-state index contributed by atoms with van der Waals surface area (Å²) in [6, 6.07) is 7.16. The van der Waals surface area contributed by atoms with Crippen LogP contribution in [-0.4, -0.2) is 68.1 Å². The number of ether oxygens (including phenoxy) is 1. The highest BCUT2D eigenvalue weighted by Gasteiger charge is 2.23. The van der Waals surface area contributed by atoms with E-state index in [-0.39, 0.29) is 11.8 Å². The second-order valence-electron chi connectivity index (χ2n) is 7.44. The van der Waals surface area contributed by atoms with Crippen LogP contribution in [0.4, 0.5) is 5.69 Å². The van der Waals surface area contributed by atoms with Crippen LogP contribution in [0.25, 0.3) is 0 Å². The fraction of sp³-hybridized carbons (Fsp3) is 0.455. The van der Waals surface area contributed by atoms with E-state index in [0.717, 1.165) is 25.2 Å². The number of methoxy groups -OCH3 is 1. The molecule has 0 atom stereocenters. The van der Waals surface area contributed by atoms with E-state index in [9.17, 15) is 9.59 Å². The summed E-state index contributed by atoms with van der Waals surface area (Å²) in [5, 5.41) is 2.92. The molecule has 2 amide bonds. The fourth-order valence-corrected chi connectivity index (χ4v) is 3.51. The summed E-state index contributed by atoms with van der Waals surface area (Å²) in [5.74, 6) is 1.02. The van der Waals surface area contributed by atoms with Crippen molar-refractivity contribution in [1.82, 2.24) is 9.80 Å². The molecule has 29 heavy (non-hydrogen) atoms. The molecule has 1 aliphatic heterocycles. The topological polar surface area (TPSA) is 75.0 Å². The first kappa shape index (κ1) is 21.1. The number of benzene rings is 1. The Kier molecular flexibility index (Phi) is 6.71. The van der Waals surface area contributed by atoms with Gasteiger partial charge in [-0.1, -0.05) is 6.07 Å². The number of piperazine rings is 1. The third-order valence-electron chi connectivity index (χ3n) is 5.29. The van der Waals surface area contributed by atoms with E-state index in [0.29, 0.717) is 48.0 Å². The number of rotatable bonds is 6. The van der Waals surface area contributed by atoms with E-state index >= 15 is 0 Å². The summed E-state index contributed by atoms with van der Waals surface area (Å²) in [4.78, 5) is 29.7. The first-order chi connectivity index (χ1) is 13.9. The Morgan fingerprint density at radius 3 is 2.45 bits per heavy atom. The molecule has 1 saturated heterocycles. The van der Waals surface area contributed by atoms with Gasteiger partial charge in [0.15, 0.2) is 0 Å². The van der Waals surface area contributed by atoms with E-state index in [1.54, 1.807) is 26.2 Å². The summed E-state index contributed by atoms with van der Waals surface area (Å²) in [5.41, 5.74) is 2.62. The van der Waals surface area contributed by atoms with Gasteiger partial charge in [-0.2, -0.15) is 0 Å². The minimum atomic E-state index is -0.237. The molecule has 1 aromatic carbocycles. The van der Waals surface area contributed by atoms with Crippen LogP contribution in [0.3, 0.4) is 0 Å². The summed E-state index contributed by atoms with van der Waals surface area (Å²) < 4.78 is 10.6. The highest BCUT2D eigenvalue weighted by atomic mass is 16.5. The van der Waals surface area contributed by atoms with Gasteiger partial charge in [-0.15, -0.1) is 0 Å². The maximum Gasteiger partial charge on any atom is 0.259 e. The fourth-order valence-electron chi connectivity index (χ4n) is 3.51. The van der Waals surface area contributed by atoms with E-state index in [4.69, 9.17) is 9.15 Å². The van der Waals surface area contributed by atoms with E-state index in [2.05, 4.69) is 10.2 Å². The predicted octanol–water partition coefficient (Wildman–Crippen LogP) is 2.86. The average Bonchev–Trinajstić information content (AvgIpc) is 3.06. The van der Waals surface area contributed by atoms with Crippen molar-refractivity contribution in [2.24, 2.45) is 0 Å². The number of aryl methyl sites for hydroxylation is 3. The normalized spacial score (nSPS) is 14.8. The van der Waals surface area contributed by atoms with E-state index < -0.39 is 0 Å². The number of carbonyl (C=O) groups excluding carboxylic acids is 2. The first-order valence-corrected chi connectivity index (χ1v) is 9.88. The van der Waals surface area contributed by atoms with Crippen LogP contribution < -0.4 is 5.32 Å². The number of nitrogens with one attached hydrogen (secondary N) is 1. The van der Waals surface area contributed by atoms with Crippen molar-refractivity contribution in [1.29, 1.82) is 0 Å². The monoisotopic (exact) mass is 399 g/mol. The predicted molar refractivity (Wildman–Crippen MR) is 112 cm³/mol. The third-order valence-corrected chi connectivity index (χ3v) is 5.29. The van der Waals surface area contributed by atoms with Crippen LogP contribution in [-0.2, 0) is 4.74 Å². The largest absolute Gasteiger partial charge is 0.466 e. The Morgan fingerprint density at radius 2 is 1.83 bits per heavy atom. The van der Waals surface area contributed by atoms with Crippen LogP contribution in [0.2, 0.25) is 0 Å². The molecule has 1 N–H and O–H groups in total. The maximum atomic E-state index is 13.0. The van der Waals surface area contributed by atoms with Gasteiger partial charge >= 0.3 is 0 Å². The van der Waals surface area contributed by atoms with Gasteiger partial charge in [0.05, 0.1) is 12.2 Å². The van der Waals surface area contributed by atoms with Crippen LogP contribution >= 0.6 is 0 Å². The molecule has 0 bridgehead atoms. The number of furan rings is 1. The molecular formula is C22H29N3O4. The van der Waals surface area contributed by atoms with Crippen molar-refractivity contribution in [2.75, 3.05) is 51.8 Å². The van der Waals surface area contributed by atoms with Crippen molar-refractivity contribution in [2.45, 2.75) is 20.8 Å². The van der Waals surface area contributed by atoms with Crippen molar-refractivity contribution >= 4 is 17.5 Å². The molecule has 7 nitrogen and oxygen atoms in total. The lowest BCUT2D eigenvalue weighted by atomic mass is 10.1. The summed E-state index contributed by atoms with van der Waals surface area (Å²) in [6.07, 6.45) is 0. The van der Waals surface area contributed by atoms with Crippen molar-refractivity contribution in [3.63, 3.8) is 0 Å². The first-order valence-electron chi connectivity index (χ1n) is 9.88. The van der Waals surface area contributed by atoms with E-state index in [1.807, 2.05) is 30.9 Å². The van der Waals surface area contributed by atoms with Crippen molar-refractivity contribution in [3.8, 4) is 0 Å². The van der Waals surface area contributed by atoms with Gasteiger partial charge in [0.1, 0.15) is 11.5 Å². The lowest BCUT2D eigenvalue weighted by molar-refractivity contribution is 0.0594. The van der Waals surface area contributed by atoms with Crippen molar-refractivity contribution < 1.29 is 18.7 Å². The van der Waals surface area contributed by atoms with Gasteiger partial charge in [-0.3, -0.25) is 14.5 Å². The number of hydrogen-bond acceptors (Lipinski definition) is 5. The Morgan fingerprint density at radius 1 is 1.10 bits per heavy atom. The number of nitrogens with zero attached hydrogens (tertiary/aromatic N) is 2. The number of amides is 2. The van der Waals surface area contributed by atoms with Gasteiger partial charge in [0, 0.05) is 51.1 Å². The molecule has 1 aliphatic rings. The molecule has 0 unspecified atom stereocenters. The van der Waals surface area contributed by atoms with Crippen LogP contribution in [0, 0.1) is 20.8 Å². The molecule has 0 saturated carbocycles. The van der Waals surface area contributed by atoms with Gasteiger partial charge in [-0.25, -0.2) is 0 Å². The molecule has 1 aromatic heterocycles. The molecule has 0 aliphatic carbocycles. The standard InChI is InChI=1S/C22H29N3O4/c1-15-5-6-18(22(27)25-9-7-24(8-10-25)11-12-28-4)14-20(15)23-21(26)19-13-16(2)29-17(19)3/h5-6,13-14H,7-12H2,1-4H3,(H,23,26). The smallest absolute Gasteiger partial charge is 0.259 e. The molecule has 1 fully saturated rings. The Bertz CT molecular complexity index is 882. The minimum absolute atomic E-state index is 0.0118. The lowest BCUT2D eigenvalue weighted by Gasteiger charge is -2.34. The highest BCUT2D eigenvalue weighted by molar-refractivity contribution is 6.06. The average molecular weight is 399 g/mol. The maximum absolute atomic E-state index is 13.0. The van der Waals surface area contributed by atoms with Crippen LogP contribution in [0.1, 0.15) is 37.8 Å². The zero-order valence-electron chi connectivity index (χ0n) is 17.6. The van der Waals surface area contributed by atoms with Gasteiger partial charge in [0.2, 0.25) is 0 Å². The molecule has 156 valence electrons.